The molecule has 2 aliphatic rings. The Morgan fingerprint density at radius 2 is 1.66 bits per heavy atom. The molecule has 6 rings (SSSR count). The van der Waals surface area contributed by atoms with Crippen molar-refractivity contribution in [2.45, 2.75) is 31.7 Å². The lowest BCUT2D eigenvalue weighted by Gasteiger charge is -2.46. The molecule has 2 atom stereocenters. The number of nitrogens with one attached hydrogen (secondary N) is 1. The molecule has 0 saturated carbocycles. The third-order valence-corrected chi connectivity index (χ3v) is 8.87. The van der Waals surface area contributed by atoms with E-state index in [4.69, 9.17) is 9.79 Å². The van der Waals surface area contributed by atoms with Gasteiger partial charge in [0.25, 0.3) is 0 Å². The van der Waals surface area contributed by atoms with Crippen molar-refractivity contribution < 1.29 is 37.6 Å². The van der Waals surface area contributed by atoms with Crippen LogP contribution in [-0.2, 0) is 33.7 Å². The average Bonchev–Trinajstić information content (AvgIpc) is 3.37. The second kappa shape index (κ2) is 13.1. The van der Waals surface area contributed by atoms with Crippen LogP contribution < -0.4 is 9.84 Å². The summed E-state index contributed by atoms with van der Waals surface area (Å²) in [6.07, 6.45) is -0.531. The van der Waals surface area contributed by atoms with E-state index < -0.39 is 26.1 Å². The second-order valence-electron chi connectivity index (χ2n) is 11.5. The fraction of sp³-hybridized carbons (Fsp3) is 0.242. The van der Waals surface area contributed by atoms with Crippen LogP contribution in [0.3, 0.4) is 0 Å². The zero-order valence-electron chi connectivity index (χ0n) is 25.4. The maximum Gasteiger partial charge on any atom is 0.524 e. The van der Waals surface area contributed by atoms with Gasteiger partial charge < -0.3 is 19.6 Å². The molecule has 0 aromatic heterocycles. The molecule has 0 radical (unpaired) electrons. The Hall–Kier alpha value is -4.81. The Labute approximate surface area is 270 Å². The molecule has 0 aliphatic carbocycles. The van der Waals surface area contributed by atoms with Crippen molar-refractivity contribution in [3.05, 3.63) is 114 Å². The number of halogens is 1. The number of urea groups is 1. The maximum atomic E-state index is 14.2. The van der Waals surface area contributed by atoms with Gasteiger partial charge in [0.15, 0.2) is 0 Å². The highest BCUT2D eigenvalue weighted by atomic mass is 31.2. The number of phosphoric ester groups is 1. The normalized spacial score (nSPS) is 18.4. The Morgan fingerprint density at radius 3 is 2.38 bits per heavy atom. The van der Waals surface area contributed by atoms with Gasteiger partial charge in [0.1, 0.15) is 23.8 Å². The van der Waals surface area contributed by atoms with Crippen LogP contribution in [0.2, 0.25) is 0 Å². The van der Waals surface area contributed by atoms with Crippen molar-refractivity contribution in [3.63, 3.8) is 0 Å². The highest BCUT2D eigenvalue weighted by molar-refractivity contribution is 7.46. The molecular formula is C33H33FN5O7P. The monoisotopic (exact) mass is 661 g/mol. The Morgan fingerprint density at radius 1 is 0.979 bits per heavy atom. The first-order chi connectivity index (χ1) is 22.5. The maximum absolute atomic E-state index is 14.2. The molecule has 4 aromatic carbocycles. The predicted molar refractivity (Wildman–Crippen MR) is 170 cm³/mol. The van der Waals surface area contributed by atoms with Gasteiger partial charge in [-0.15, -0.1) is 0 Å². The van der Waals surface area contributed by atoms with E-state index in [1.54, 1.807) is 41.2 Å². The third kappa shape index (κ3) is 7.13. The van der Waals surface area contributed by atoms with Crippen molar-refractivity contribution in [2.75, 3.05) is 20.1 Å². The van der Waals surface area contributed by atoms with Crippen LogP contribution in [0, 0.1) is 5.82 Å². The smallest absolute Gasteiger partial charge is 0.404 e. The SMILES string of the molecule is CN(C(=O)NCc1ccc(F)cc1)N1CC(=O)N2[C@H](Cc3ccc(OP(=O)(O)O)cc3)C(=O)N(Cc3cccc4ccccc34)C[C@H]21. The van der Waals surface area contributed by atoms with Crippen molar-refractivity contribution in [2.24, 2.45) is 0 Å². The summed E-state index contributed by atoms with van der Waals surface area (Å²) in [7, 11) is -3.20. The summed E-state index contributed by atoms with van der Waals surface area (Å²) in [5.74, 6) is -1.00. The number of hydrazine groups is 1. The van der Waals surface area contributed by atoms with E-state index in [0.29, 0.717) is 11.1 Å². The van der Waals surface area contributed by atoms with Gasteiger partial charge in [-0.25, -0.2) is 13.8 Å². The van der Waals surface area contributed by atoms with Gasteiger partial charge in [-0.05, 0) is 51.7 Å². The molecule has 47 heavy (non-hydrogen) atoms. The third-order valence-electron chi connectivity index (χ3n) is 8.42. The van der Waals surface area contributed by atoms with Gasteiger partial charge >= 0.3 is 13.9 Å². The average molecular weight is 662 g/mol. The van der Waals surface area contributed by atoms with Gasteiger partial charge in [-0.1, -0.05) is 66.7 Å². The van der Waals surface area contributed by atoms with Crippen molar-refractivity contribution in [1.29, 1.82) is 0 Å². The van der Waals surface area contributed by atoms with Gasteiger partial charge in [0.2, 0.25) is 11.8 Å². The summed E-state index contributed by atoms with van der Waals surface area (Å²) in [4.78, 5) is 62.5. The van der Waals surface area contributed by atoms with Crippen LogP contribution in [0.25, 0.3) is 10.8 Å². The Bertz CT molecular complexity index is 1850. The molecule has 2 saturated heterocycles. The fourth-order valence-electron chi connectivity index (χ4n) is 6.14. The van der Waals surface area contributed by atoms with Gasteiger partial charge in [-0.3, -0.25) is 24.4 Å². The lowest BCUT2D eigenvalue weighted by Crippen LogP contribution is -2.65. The van der Waals surface area contributed by atoms with Crippen LogP contribution in [0.15, 0.2) is 91.0 Å². The number of phosphoric acid groups is 1. The van der Waals surface area contributed by atoms with Crippen LogP contribution in [0.5, 0.6) is 5.75 Å². The van der Waals surface area contributed by atoms with E-state index in [9.17, 15) is 23.3 Å². The number of hydrogen-bond acceptors (Lipinski definition) is 6. The predicted octanol–water partition coefficient (Wildman–Crippen LogP) is 3.63. The Balaban J connectivity index is 1.27. The topological polar surface area (TPSA) is 143 Å². The Kier molecular flexibility index (Phi) is 8.98. The zero-order valence-corrected chi connectivity index (χ0v) is 26.3. The molecular weight excluding hydrogens is 628 g/mol. The summed E-state index contributed by atoms with van der Waals surface area (Å²) in [5, 5.41) is 7.80. The first-order valence-electron chi connectivity index (χ1n) is 14.9. The van der Waals surface area contributed by atoms with Crippen LogP contribution in [-0.4, -0.2) is 79.8 Å². The number of benzene rings is 4. The molecule has 4 aromatic rings. The molecule has 0 unspecified atom stereocenters. The number of piperazine rings is 1. The number of hydrogen-bond donors (Lipinski definition) is 3. The molecule has 2 aliphatic heterocycles. The first-order valence-corrected chi connectivity index (χ1v) is 16.4. The summed E-state index contributed by atoms with van der Waals surface area (Å²) >= 11 is 0. The van der Waals surface area contributed by atoms with Crippen LogP contribution in [0.1, 0.15) is 16.7 Å². The molecule has 3 N–H and O–H groups in total. The lowest BCUT2D eigenvalue weighted by atomic mass is 9.99. The van der Waals surface area contributed by atoms with Gasteiger partial charge in [0.05, 0.1) is 13.1 Å². The minimum Gasteiger partial charge on any atom is -0.404 e. The number of carbonyl (C=O) groups excluding carboxylic acids is 3. The van der Waals surface area contributed by atoms with E-state index in [-0.39, 0.29) is 56.0 Å². The number of nitrogens with zero attached hydrogens (tertiary/aromatic N) is 4. The highest BCUT2D eigenvalue weighted by Gasteiger charge is 2.51. The van der Waals surface area contributed by atoms with E-state index in [1.807, 2.05) is 42.5 Å². The second-order valence-corrected chi connectivity index (χ2v) is 12.7. The van der Waals surface area contributed by atoms with Crippen LogP contribution in [0.4, 0.5) is 9.18 Å². The summed E-state index contributed by atoms with van der Waals surface area (Å²) in [5.41, 5.74) is 2.28. The molecule has 0 bridgehead atoms. The molecule has 12 nitrogen and oxygen atoms in total. The quantitative estimate of drug-likeness (QED) is 0.231. The highest BCUT2D eigenvalue weighted by Crippen LogP contribution is 2.38. The largest absolute Gasteiger partial charge is 0.524 e. The molecule has 0 spiro atoms. The van der Waals surface area contributed by atoms with Crippen molar-refractivity contribution in [1.82, 2.24) is 25.1 Å². The first kappa shape index (κ1) is 32.1. The minimum atomic E-state index is -4.75. The number of rotatable bonds is 9. The molecule has 244 valence electrons. The van der Waals surface area contributed by atoms with E-state index in [1.165, 1.54) is 34.2 Å². The standard InChI is InChI=1S/C33H33FN5O7P/c1-36(33(42)35-18-23-9-13-26(34)14-10-23)38-21-31(40)39-29(17-22-11-15-27(16-12-22)46-47(43,44)45)32(41)37(20-30(38)39)19-25-7-4-6-24-5-2-3-8-28(24)25/h2-16,29-30H,17-21H2,1H3,(H,35,42)(H2,43,44,45)/t29-,30+/m1/s1. The van der Waals surface area contributed by atoms with Crippen molar-refractivity contribution in [3.8, 4) is 5.75 Å². The minimum absolute atomic E-state index is 0.0378. The molecule has 4 amide bonds. The molecule has 2 heterocycles. The van der Waals surface area contributed by atoms with E-state index in [0.717, 1.165) is 16.3 Å². The fourth-order valence-corrected chi connectivity index (χ4v) is 6.54. The van der Waals surface area contributed by atoms with E-state index in [2.05, 4.69) is 9.84 Å². The van der Waals surface area contributed by atoms with Gasteiger partial charge in [-0.2, -0.15) is 5.01 Å². The van der Waals surface area contributed by atoms with Gasteiger partial charge in [0, 0.05) is 26.6 Å². The zero-order chi connectivity index (χ0) is 33.3. The molecule has 2 fully saturated rings. The molecule has 14 heteroatoms. The number of amides is 4. The van der Waals surface area contributed by atoms with Crippen molar-refractivity contribution >= 4 is 36.4 Å². The van der Waals surface area contributed by atoms with E-state index >= 15 is 0 Å². The summed E-state index contributed by atoms with van der Waals surface area (Å²) < 4.78 is 29.2. The lowest BCUT2D eigenvalue weighted by molar-refractivity contribution is -0.157. The number of fused-ring (bicyclic) bond motifs is 2. The summed E-state index contributed by atoms with van der Waals surface area (Å²) in [6.45, 7) is 0.440. The number of carbonyl (C=O) groups is 3. The summed E-state index contributed by atoms with van der Waals surface area (Å²) in [6, 6.07) is 24.1. The van der Waals surface area contributed by atoms with Crippen LogP contribution >= 0.6 is 7.82 Å².